The van der Waals surface area contributed by atoms with Crippen molar-refractivity contribution in [3.63, 3.8) is 0 Å². The zero-order valence-corrected chi connectivity index (χ0v) is 22.1. The second kappa shape index (κ2) is 13.5. The van der Waals surface area contributed by atoms with Gasteiger partial charge in [0.1, 0.15) is 11.6 Å². The minimum Gasteiger partial charge on any atom is -0.493 e. The van der Waals surface area contributed by atoms with Crippen LogP contribution in [0.25, 0.3) is 0 Å². The molecule has 0 aliphatic carbocycles. The fraction of sp³-hybridized carbons (Fsp3) is 0.500. The Kier molecular flexibility index (Phi) is 11.0. The molecule has 1 aliphatic rings. The van der Waals surface area contributed by atoms with Crippen LogP contribution in [0.2, 0.25) is 0 Å². The number of anilines is 1. The number of aliphatic imine (C=N–C) groups is 1. The first-order valence-electron chi connectivity index (χ1n) is 11.1. The zero-order chi connectivity index (χ0) is 22.1. The zero-order valence-electron chi connectivity index (χ0n) is 19.7. The molecule has 0 radical (unpaired) electrons. The van der Waals surface area contributed by atoms with E-state index < -0.39 is 0 Å². The first kappa shape index (κ1) is 26.2. The second-order valence-corrected chi connectivity index (χ2v) is 8.02. The maximum Gasteiger partial charge on any atom is 0.191 e. The normalized spacial score (nSPS) is 14.6. The van der Waals surface area contributed by atoms with Gasteiger partial charge in [-0.3, -0.25) is 4.99 Å². The highest BCUT2D eigenvalue weighted by Crippen LogP contribution is 2.21. The lowest BCUT2D eigenvalue weighted by Gasteiger charge is -2.34. The Hall–Kier alpha value is -2.07. The standard InChI is InChI=1S/C24H36N6O.HI/c1-5-15-31-22-16-19(2)8-9-20(22)17-27-24(25-3)28-18-21-7-6-10-26-23(21)30-13-11-29(4)12-14-30;/h6-10,16H,5,11-15,17-18H2,1-4H3,(H2,25,27,28);1H. The summed E-state index contributed by atoms with van der Waals surface area (Å²) in [5, 5.41) is 6.85. The summed E-state index contributed by atoms with van der Waals surface area (Å²) in [7, 11) is 3.96. The fourth-order valence-corrected chi connectivity index (χ4v) is 3.60. The molecule has 1 aromatic carbocycles. The molecule has 2 heterocycles. The van der Waals surface area contributed by atoms with Gasteiger partial charge in [0, 0.05) is 63.6 Å². The van der Waals surface area contributed by atoms with E-state index in [4.69, 9.17) is 4.74 Å². The average molecular weight is 553 g/mol. The summed E-state index contributed by atoms with van der Waals surface area (Å²) in [6, 6.07) is 10.5. The molecule has 0 atom stereocenters. The van der Waals surface area contributed by atoms with Crippen LogP contribution in [0.5, 0.6) is 5.75 Å². The van der Waals surface area contributed by atoms with Gasteiger partial charge in [0.05, 0.1) is 6.61 Å². The molecule has 2 N–H and O–H groups in total. The quantitative estimate of drug-likeness (QED) is 0.298. The highest BCUT2D eigenvalue weighted by atomic mass is 127. The van der Waals surface area contributed by atoms with Crippen LogP contribution in [0.3, 0.4) is 0 Å². The Morgan fingerprint density at radius 3 is 2.50 bits per heavy atom. The molecule has 2 aromatic rings. The van der Waals surface area contributed by atoms with E-state index in [2.05, 4.69) is 75.6 Å². The van der Waals surface area contributed by atoms with E-state index in [1.807, 2.05) is 12.3 Å². The van der Waals surface area contributed by atoms with Crippen molar-refractivity contribution in [1.82, 2.24) is 20.5 Å². The summed E-state index contributed by atoms with van der Waals surface area (Å²) in [5.74, 6) is 2.76. The Bertz CT molecular complexity index is 867. The topological polar surface area (TPSA) is 65.0 Å². The van der Waals surface area contributed by atoms with Crippen molar-refractivity contribution >= 4 is 35.8 Å². The molecular weight excluding hydrogens is 515 g/mol. The summed E-state index contributed by atoms with van der Waals surface area (Å²) in [6.07, 6.45) is 2.87. The number of likely N-dealkylation sites (N-methyl/N-ethyl adjacent to an activating group) is 1. The molecule has 8 heteroatoms. The largest absolute Gasteiger partial charge is 0.493 e. The third-order valence-corrected chi connectivity index (χ3v) is 5.47. The van der Waals surface area contributed by atoms with Crippen molar-refractivity contribution in [3.05, 3.63) is 53.2 Å². The minimum atomic E-state index is 0. The number of rotatable bonds is 8. The Morgan fingerprint density at radius 1 is 1.09 bits per heavy atom. The highest BCUT2D eigenvalue weighted by Gasteiger charge is 2.18. The number of piperazine rings is 1. The van der Waals surface area contributed by atoms with Gasteiger partial charge in [-0.1, -0.05) is 25.1 Å². The average Bonchev–Trinajstić information content (AvgIpc) is 2.79. The number of ether oxygens (including phenoxy) is 1. The molecule has 1 aliphatic heterocycles. The number of aromatic nitrogens is 1. The van der Waals surface area contributed by atoms with Gasteiger partial charge in [-0.2, -0.15) is 0 Å². The van der Waals surface area contributed by atoms with Gasteiger partial charge in [-0.25, -0.2) is 4.98 Å². The van der Waals surface area contributed by atoms with Crippen molar-refractivity contribution < 1.29 is 4.74 Å². The number of nitrogens with zero attached hydrogens (tertiary/aromatic N) is 4. The van der Waals surface area contributed by atoms with Gasteiger partial charge >= 0.3 is 0 Å². The number of aryl methyl sites for hydroxylation is 1. The predicted octanol–water partition coefficient (Wildman–Crippen LogP) is 3.41. The van der Waals surface area contributed by atoms with Crippen LogP contribution in [0, 0.1) is 6.92 Å². The van der Waals surface area contributed by atoms with Gasteiger partial charge < -0.3 is 25.2 Å². The van der Waals surface area contributed by atoms with E-state index in [0.29, 0.717) is 13.1 Å². The number of halogens is 1. The predicted molar refractivity (Wildman–Crippen MR) is 143 cm³/mol. The van der Waals surface area contributed by atoms with Crippen molar-refractivity contribution in [2.24, 2.45) is 4.99 Å². The molecule has 1 aromatic heterocycles. The Balaban J connectivity index is 0.00000363. The minimum absolute atomic E-state index is 0. The van der Waals surface area contributed by atoms with E-state index >= 15 is 0 Å². The first-order chi connectivity index (χ1) is 15.1. The molecule has 7 nitrogen and oxygen atoms in total. The lowest BCUT2D eigenvalue weighted by molar-refractivity contribution is 0.312. The summed E-state index contributed by atoms with van der Waals surface area (Å²) in [5.41, 5.74) is 3.50. The van der Waals surface area contributed by atoms with Crippen LogP contribution >= 0.6 is 24.0 Å². The molecule has 0 bridgehead atoms. The van der Waals surface area contributed by atoms with E-state index in [-0.39, 0.29) is 24.0 Å². The third kappa shape index (κ3) is 7.51. The third-order valence-electron chi connectivity index (χ3n) is 5.47. The van der Waals surface area contributed by atoms with Gasteiger partial charge in [0.15, 0.2) is 5.96 Å². The molecule has 1 fully saturated rings. The Labute approximate surface area is 209 Å². The number of nitrogens with one attached hydrogen (secondary N) is 2. The molecule has 0 amide bonds. The lowest BCUT2D eigenvalue weighted by Crippen LogP contribution is -2.45. The maximum absolute atomic E-state index is 5.94. The van der Waals surface area contributed by atoms with E-state index in [0.717, 1.165) is 62.3 Å². The van der Waals surface area contributed by atoms with Gasteiger partial charge in [0.25, 0.3) is 0 Å². The second-order valence-electron chi connectivity index (χ2n) is 8.02. The van der Waals surface area contributed by atoms with Gasteiger partial charge in [0.2, 0.25) is 0 Å². The van der Waals surface area contributed by atoms with Crippen LogP contribution in [-0.4, -0.2) is 62.7 Å². The smallest absolute Gasteiger partial charge is 0.191 e. The number of pyridine rings is 1. The van der Waals surface area contributed by atoms with Crippen LogP contribution in [-0.2, 0) is 13.1 Å². The summed E-state index contributed by atoms with van der Waals surface area (Å²) in [6.45, 7) is 10.4. The molecule has 176 valence electrons. The van der Waals surface area contributed by atoms with E-state index in [9.17, 15) is 0 Å². The molecule has 1 saturated heterocycles. The molecular formula is C24H37IN6O. The monoisotopic (exact) mass is 552 g/mol. The van der Waals surface area contributed by atoms with E-state index in [1.54, 1.807) is 7.05 Å². The Morgan fingerprint density at radius 2 is 1.81 bits per heavy atom. The summed E-state index contributed by atoms with van der Waals surface area (Å²) in [4.78, 5) is 13.8. The number of guanidine groups is 1. The highest BCUT2D eigenvalue weighted by molar-refractivity contribution is 14.0. The van der Waals surface area contributed by atoms with Crippen molar-refractivity contribution in [2.75, 3.05) is 51.8 Å². The van der Waals surface area contributed by atoms with Crippen LogP contribution in [0.4, 0.5) is 5.82 Å². The van der Waals surface area contributed by atoms with Crippen molar-refractivity contribution in [1.29, 1.82) is 0 Å². The molecule has 0 unspecified atom stereocenters. The van der Waals surface area contributed by atoms with E-state index in [1.165, 1.54) is 11.1 Å². The summed E-state index contributed by atoms with van der Waals surface area (Å²) >= 11 is 0. The van der Waals surface area contributed by atoms with Gasteiger partial charge in [-0.05, 0) is 38.1 Å². The first-order valence-corrected chi connectivity index (χ1v) is 11.1. The molecule has 0 spiro atoms. The van der Waals surface area contributed by atoms with Gasteiger partial charge in [-0.15, -0.1) is 24.0 Å². The molecule has 3 rings (SSSR count). The SMILES string of the molecule is CCCOc1cc(C)ccc1CNC(=NC)NCc1cccnc1N1CCN(C)CC1.I. The molecule has 32 heavy (non-hydrogen) atoms. The number of hydrogen-bond acceptors (Lipinski definition) is 5. The summed E-state index contributed by atoms with van der Waals surface area (Å²) < 4.78 is 5.94. The van der Waals surface area contributed by atoms with Crippen LogP contribution in [0.1, 0.15) is 30.0 Å². The van der Waals surface area contributed by atoms with Crippen molar-refractivity contribution in [3.8, 4) is 5.75 Å². The van der Waals surface area contributed by atoms with Crippen LogP contribution < -0.4 is 20.3 Å². The number of benzene rings is 1. The fourth-order valence-electron chi connectivity index (χ4n) is 3.60. The number of hydrogen-bond donors (Lipinski definition) is 2. The lowest BCUT2D eigenvalue weighted by atomic mass is 10.1. The maximum atomic E-state index is 5.94. The molecule has 0 saturated carbocycles. The van der Waals surface area contributed by atoms with Crippen LogP contribution in [0.15, 0.2) is 41.5 Å². The van der Waals surface area contributed by atoms with Crippen molar-refractivity contribution in [2.45, 2.75) is 33.4 Å².